The Bertz CT molecular complexity index is 692. The predicted molar refractivity (Wildman–Crippen MR) is 88.7 cm³/mol. The zero-order valence-electron chi connectivity index (χ0n) is 13.0. The molecule has 0 amide bonds. The molecule has 1 aliphatic heterocycles. The molecule has 1 N–H and O–H groups in total. The van der Waals surface area contributed by atoms with Crippen LogP contribution in [0.25, 0.3) is 0 Å². The lowest BCUT2D eigenvalue weighted by atomic mass is 10.1. The highest BCUT2D eigenvalue weighted by molar-refractivity contribution is 5.54. The lowest BCUT2D eigenvalue weighted by Crippen LogP contribution is -2.42. The minimum atomic E-state index is -0.353. The van der Waals surface area contributed by atoms with E-state index >= 15 is 0 Å². The van der Waals surface area contributed by atoms with Crippen LogP contribution in [0.5, 0.6) is 0 Å². The highest BCUT2D eigenvalue weighted by Crippen LogP contribution is 2.24. The number of hydrogen-bond donors (Lipinski definition) is 1. The summed E-state index contributed by atoms with van der Waals surface area (Å²) in [6.45, 7) is 3.52. The maximum absolute atomic E-state index is 10.9. The van der Waals surface area contributed by atoms with E-state index in [0.717, 1.165) is 37.6 Å². The van der Waals surface area contributed by atoms with Crippen LogP contribution in [0.4, 0.5) is 17.3 Å². The molecule has 0 unspecified atom stereocenters. The molecule has 1 saturated heterocycles. The van der Waals surface area contributed by atoms with Crippen molar-refractivity contribution in [2.45, 2.75) is 25.8 Å². The lowest BCUT2D eigenvalue weighted by Gasteiger charge is -2.33. The molecule has 0 saturated carbocycles. The van der Waals surface area contributed by atoms with E-state index in [9.17, 15) is 10.1 Å². The summed E-state index contributed by atoms with van der Waals surface area (Å²) in [6.07, 6.45) is 5.61. The minimum Gasteiger partial charge on any atom is -0.381 e. The van der Waals surface area contributed by atoms with Crippen molar-refractivity contribution in [1.82, 2.24) is 9.97 Å². The van der Waals surface area contributed by atoms with Gasteiger partial charge < -0.3 is 10.2 Å². The summed E-state index contributed by atoms with van der Waals surface area (Å²) >= 11 is 0. The van der Waals surface area contributed by atoms with Crippen molar-refractivity contribution in [3.05, 3.63) is 52.3 Å². The molecule has 3 rings (SSSR count). The molecule has 7 heteroatoms. The van der Waals surface area contributed by atoms with Crippen molar-refractivity contribution in [3.63, 3.8) is 0 Å². The fourth-order valence-corrected chi connectivity index (χ4v) is 2.92. The summed E-state index contributed by atoms with van der Waals surface area (Å²) in [5.74, 6) is 0.749. The molecule has 1 atom stereocenters. The summed E-state index contributed by atoms with van der Waals surface area (Å²) < 4.78 is 0. The number of anilines is 2. The van der Waals surface area contributed by atoms with E-state index in [1.165, 1.54) is 0 Å². The van der Waals surface area contributed by atoms with E-state index in [2.05, 4.69) is 20.2 Å². The predicted octanol–water partition coefficient (Wildman–Crippen LogP) is 2.77. The maximum atomic E-state index is 10.9. The van der Waals surface area contributed by atoms with Gasteiger partial charge in [0, 0.05) is 48.8 Å². The van der Waals surface area contributed by atoms with Crippen molar-refractivity contribution in [1.29, 1.82) is 0 Å². The number of nitro groups is 1. The monoisotopic (exact) mass is 313 g/mol. The number of benzene rings is 1. The fourth-order valence-electron chi connectivity index (χ4n) is 2.92. The first kappa shape index (κ1) is 15.2. The molecule has 1 aromatic heterocycles. The van der Waals surface area contributed by atoms with Crippen LogP contribution in [0.3, 0.4) is 0 Å². The standard InChI is InChI=1S/C16H19N5O2/c1-12-10-13(5-6-15(12)21(22)23)19-14-4-2-9-20(11-14)16-17-7-3-8-18-16/h3,5-8,10,14,19H,2,4,9,11H2,1H3/t14-/m0/s1. The van der Waals surface area contributed by atoms with Gasteiger partial charge in [0.25, 0.3) is 5.69 Å². The number of piperidine rings is 1. The topological polar surface area (TPSA) is 84.2 Å². The SMILES string of the molecule is Cc1cc(N[C@H]2CCCN(c3ncccn3)C2)ccc1[N+](=O)[O-]. The van der Waals surface area contributed by atoms with Crippen molar-refractivity contribution in [3.8, 4) is 0 Å². The molecule has 2 aromatic rings. The van der Waals surface area contributed by atoms with Crippen LogP contribution in [-0.4, -0.2) is 34.0 Å². The number of nitro benzene ring substituents is 1. The Morgan fingerprint density at radius 3 is 2.83 bits per heavy atom. The third-order valence-electron chi connectivity index (χ3n) is 4.02. The molecule has 1 aromatic carbocycles. The molecular formula is C16H19N5O2. The van der Waals surface area contributed by atoms with Crippen LogP contribution < -0.4 is 10.2 Å². The Hall–Kier alpha value is -2.70. The third-order valence-corrected chi connectivity index (χ3v) is 4.02. The summed E-state index contributed by atoms with van der Waals surface area (Å²) in [5.41, 5.74) is 1.73. The van der Waals surface area contributed by atoms with Crippen molar-refractivity contribution >= 4 is 17.3 Å². The zero-order chi connectivity index (χ0) is 16.2. The normalized spacial score (nSPS) is 17.8. The van der Waals surface area contributed by atoms with Crippen LogP contribution in [0.15, 0.2) is 36.7 Å². The van der Waals surface area contributed by atoms with Crippen LogP contribution in [-0.2, 0) is 0 Å². The molecular weight excluding hydrogens is 294 g/mol. The number of nitrogens with zero attached hydrogens (tertiary/aromatic N) is 4. The van der Waals surface area contributed by atoms with Gasteiger partial charge in [-0.3, -0.25) is 10.1 Å². The molecule has 1 fully saturated rings. The Balaban J connectivity index is 1.68. The van der Waals surface area contributed by atoms with E-state index in [-0.39, 0.29) is 16.7 Å². The van der Waals surface area contributed by atoms with Gasteiger partial charge in [-0.05, 0) is 38.0 Å². The Morgan fingerprint density at radius 1 is 1.35 bits per heavy atom. The van der Waals surface area contributed by atoms with Crippen molar-refractivity contribution in [2.75, 3.05) is 23.3 Å². The van der Waals surface area contributed by atoms with Crippen LogP contribution in [0.2, 0.25) is 0 Å². The minimum absolute atomic E-state index is 0.151. The van der Waals surface area contributed by atoms with Gasteiger partial charge in [0.05, 0.1) is 4.92 Å². The first-order valence-electron chi connectivity index (χ1n) is 7.67. The lowest BCUT2D eigenvalue weighted by molar-refractivity contribution is -0.385. The molecule has 0 spiro atoms. The molecule has 2 heterocycles. The highest BCUT2D eigenvalue weighted by Gasteiger charge is 2.22. The molecule has 23 heavy (non-hydrogen) atoms. The largest absolute Gasteiger partial charge is 0.381 e. The third kappa shape index (κ3) is 3.56. The highest BCUT2D eigenvalue weighted by atomic mass is 16.6. The van der Waals surface area contributed by atoms with Gasteiger partial charge in [-0.1, -0.05) is 0 Å². The number of hydrogen-bond acceptors (Lipinski definition) is 6. The summed E-state index contributed by atoms with van der Waals surface area (Å²) in [6, 6.07) is 7.23. The number of nitrogens with one attached hydrogen (secondary N) is 1. The second kappa shape index (κ2) is 6.60. The first-order chi connectivity index (χ1) is 11.1. The number of aromatic nitrogens is 2. The molecule has 120 valence electrons. The van der Waals surface area contributed by atoms with Crippen LogP contribution in [0, 0.1) is 17.0 Å². The molecule has 0 bridgehead atoms. The van der Waals surface area contributed by atoms with Crippen molar-refractivity contribution in [2.24, 2.45) is 0 Å². The van der Waals surface area contributed by atoms with E-state index in [1.807, 2.05) is 12.1 Å². The molecule has 0 aliphatic carbocycles. The van der Waals surface area contributed by atoms with E-state index in [1.54, 1.807) is 31.5 Å². The van der Waals surface area contributed by atoms with Gasteiger partial charge in [-0.2, -0.15) is 0 Å². The number of rotatable bonds is 4. The van der Waals surface area contributed by atoms with Gasteiger partial charge in [-0.15, -0.1) is 0 Å². The quantitative estimate of drug-likeness (QED) is 0.690. The maximum Gasteiger partial charge on any atom is 0.272 e. The molecule has 7 nitrogen and oxygen atoms in total. The molecule has 1 aliphatic rings. The average molecular weight is 313 g/mol. The van der Waals surface area contributed by atoms with Gasteiger partial charge in [0.1, 0.15) is 0 Å². The Morgan fingerprint density at radius 2 is 2.13 bits per heavy atom. The van der Waals surface area contributed by atoms with E-state index in [4.69, 9.17) is 0 Å². The van der Waals surface area contributed by atoms with Crippen molar-refractivity contribution < 1.29 is 4.92 Å². The zero-order valence-corrected chi connectivity index (χ0v) is 13.0. The van der Waals surface area contributed by atoms with E-state index < -0.39 is 0 Å². The smallest absolute Gasteiger partial charge is 0.272 e. The van der Waals surface area contributed by atoms with Crippen LogP contribution in [0.1, 0.15) is 18.4 Å². The second-order valence-electron chi connectivity index (χ2n) is 5.74. The van der Waals surface area contributed by atoms with Gasteiger partial charge in [0.2, 0.25) is 5.95 Å². The summed E-state index contributed by atoms with van der Waals surface area (Å²) in [5, 5.41) is 14.4. The van der Waals surface area contributed by atoms with Gasteiger partial charge in [0.15, 0.2) is 0 Å². The molecule has 0 radical (unpaired) electrons. The Kier molecular flexibility index (Phi) is 4.36. The van der Waals surface area contributed by atoms with Gasteiger partial charge in [-0.25, -0.2) is 9.97 Å². The average Bonchev–Trinajstić information content (AvgIpc) is 2.56. The number of aryl methyl sites for hydroxylation is 1. The fraction of sp³-hybridized carbons (Fsp3) is 0.375. The van der Waals surface area contributed by atoms with E-state index in [0.29, 0.717) is 5.56 Å². The van der Waals surface area contributed by atoms with Crippen LogP contribution >= 0.6 is 0 Å². The van der Waals surface area contributed by atoms with Gasteiger partial charge >= 0.3 is 0 Å². The first-order valence-corrected chi connectivity index (χ1v) is 7.67. The second-order valence-corrected chi connectivity index (χ2v) is 5.74. The summed E-state index contributed by atoms with van der Waals surface area (Å²) in [7, 11) is 0. The summed E-state index contributed by atoms with van der Waals surface area (Å²) in [4.78, 5) is 21.3. The Labute approximate surface area is 134 Å².